The average molecular weight is 424 g/mol. The lowest BCUT2D eigenvalue weighted by Gasteiger charge is -2.10. The number of carbonyl (C=O) groups is 1. The molecule has 3 aromatic heterocycles. The molecule has 0 saturated heterocycles. The number of rotatable bonds is 6. The van der Waals surface area contributed by atoms with Crippen molar-refractivity contribution in [3.05, 3.63) is 59.5 Å². The fraction of sp³-hybridized carbons (Fsp3) is 0.273. The van der Waals surface area contributed by atoms with Crippen LogP contribution in [0.25, 0.3) is 22.3 Å². The van der Waals surface area contributed by atoms with Gasteiger partial charge in [0.05, 0.1) is 23.0 Å². The molecule has 4 aromatic rings. The van der Waals surface area contributed by atoms with Gasteiger partial charge in [0.1, 0.15) is 6.54 Å². The number of carbonyl (C=O) groups excluding carboxylic acids is 1. The summed E-state index contributed by atoms with van der Waals surface area (Å²) < 4.78 is 30.7. The van der Waals surface area contributed by atoms with E-state index in [1.165, 1.54) is 10.7 Å². The van der Waals surface area contributed by atoms with Crippen molar-refractivity contribution in [1.82, 2.24) is 24.5 Å². The summed E-state index contributed by atoms with van der Waals surface area (Å²) in [6.45, 7) is 3.50. The second-order valence-corrected chi connectivity index (χ2v) is 7.30. The van der Waals surface area contributed by atoms with Gasteiger partial charge in [-0.2, -0.15) is 10.2 Å². The van der Waals surface area contributed by atoms with Gasteiger partial charge in [0.2, 0.25) is 5.91 Å². The molecule has 0 saturated carbocycles. The molecule has 31 heavy (non-hydrogen) atoms. The zero-order valence-electron chi connectivity index (χ0n) is 17.4. The minimum atomic E-state index is -2.71. The molecule has 0 radical (unpaired) electrons. The molecule has 1 aromatic carbocycles. The first-order chi connectivity index (χ1) is 14.9. The smallest absolute Gasteiger partial charge is 0.264 e. The van der Waals surface area contributed by atoms with Crippen molar-refractivity contribution in [2.75, 3.05) is 5.32 Å². The summed E-state index contributed by atoms with van der Waals surface area (Å²) in [6.07, 6.45) is 1.33. The maximum Gasteiger partial charge on any atom is 0.264 e. The number of hydrogen-bond acceptors (Lipinski definition) is 4. The first kappa shape index (κ1) is 20.6. The largest absolute Gasteiger partial charge is 0.324 e. The lowest BCUT2D eigenvalue weighted by atomic mass is 10.1. The van der Waals surface area contributed by atoms with Crippen LogP contribution in [0.15, 0.2) is 42.7 Å². The van der Waals surface area contributed by atoms with E-state index in [1.807, 2.05) is 31.2 Å². The first-order valence-corrected chi connectivity index (χ1v) is 9.90. The highest BCUT2D eigenvalue weighted by Crippen LogP contribution is 2.33. The normalized spacial score (nSPS) is 11.4. The van der Waals surface area contributed by atoms with E-state index in [1.54, 1.807) is 31.0 Å². The third-order valence-electron chi connectivity index (χ3n) is 5.11. The molecule has 0 aliphatic heterocycles. The summed E-state index contributed by atoms with van der Waals surface area (Å²) in [5.74, 6) is -0.308. The number of fused-ring (bicyclic) bond motifs is 1. The number of hydrogen-bond donors (Lipinski definition) is 1. The molecule has 0 atom stereocenters. The van der Waals surface area contributed by atoms with E-state index in [-0.39, 0.29) is 29.0 Å². The van der Waals surface area contributed by atoms with Crippen molar-refractivity contribution in [1.29, 1.82) is 0 Å². The van der Waals surface area contributed by atoms with Gasteiger partial charge in [-0.15, -0.1) is 0 Å². The van der Waals surface area contributed by atoms with Crippen LogP contribution in [0.5, 0.6) is 0 Å². The quantitative estimate of drug-likeness (QED) is 0.501. The van der Waals surface area contributed by atoms with Crippen molar-refractivity contribution in [2.45, 2.75) is 33.2 Å². The van der Waals surface area contributed by atoms with Gasteiger partial charge < -0.3 is 5.32 Å². The van der Waals surface area contributed by atoms with Crippen LogP contribution in [-0.2, 0) is 24.8 Å². The molecular formula is C22H22F2N6O. The number of nitrogens with one attached hydrogen (secondary N) is 1. The number of amides is 1. The molecule has 0 unspecified atom stereocenters. The Hall–Kier alpha value is -3.62. The molecule has 0 bridgehead atoms. The zero-order chi connectivity index (χ0) is 22.1. The third-order valence-corrected chi connectivity index (χ3v) is 5.11. The maximum atomic E-state index is 13.9. The molecule has 0 aliphatic carbocycles. The fourth-order valence-corrected chi connectivity index (χ4v) is 3.65. The minimum Gasteiger partial charge on any atom is -0.324 e. The van der Waals surface area contributed by atoms with Crippen LogP contribution in [0.1, 0.15) is 30.2 Å². The highest BCUT2D eigenvalue weighted by molar-refractivity contribution is 5.93. The van der Waals surface area contributed by atoms with Crippen LogP contribution in [-0.4, -0.2) is 30.5 Å². The van der Waals surface area contributed by atoms with E-state index in [0.29, 0.717) is 17.0 Å². The standard InChI is InChI=1S/C22H22F2N6O/c1-4-14-7-5-6-8-17(14)26-19(31)12-30-22-20(13(2)28-30)16(21(23)24)9-18(27-22)15-10-25-29(3)11-15/h5-11,21H,4,12H2,1-3H3,(H,26,31). The van der Waals surface area contributed by atoms with Crippen LogP contribution in [0.3, 0.4) is 0 Å². The molecule has 0 fully saturated rings. The van der Waals surface area contributed by atoms with Crippen LogP contribution in [0, 0.1) is 6.92 Å². The SMILES string of the molecule is CCc1ccccc1NC(=O)Cn1nc(C)c2c(C(F)F)cc(-c3cnn(C)c3)nc21. The molecule has 7 nitrogen and oxygen atoms in total. The Morgan fingerprint density at radius 3 is 2.71 bits per heavy atom. The van der Waals surface area contributed by atoms with E-state index in [2.05, 4.69) is 20.5 Å². The van der Waals surface area contributed by atoms with Crippen LogP contribution < -0.4 is 5.32 Å². The molecule has 1 N–H and O–H groups in total. The van der Waals surface area contributed by atoms with Crippen molar-refractivity contribution >= 4 is 22.6 Å². The fourth-order valence-electron chi connectivity index (χ4n) is 3.65. The number of aromatic nitrogens is 5. The van der Waals surface area contributed by atoms with Gasteiger partial charge >= 0.3 is 0 Å². The van der Waals surface area contributed by atoms with E-state index < -0.39 is 6.43 Å². The topological polar surface area (TPSA) is 77.6 Å². The van der Waals surface area contributed by atoms with Crippen LogP contribution in [0.4, 0.5) is 14.5 Å². The predicted molar refractivity (Wildman–Crippen MR) is 114 cm³/mol. The molecular weight excluding hydrogens is 402 g/mol. The van der Waals surface area contributed by atoms with Crippen LogP contribution >= 0.6 is 0 Å². The Morgan fingerprint density at radius 2 is 2.03 bits per heavy atom. The van der Waals surface area contributed by atoms with Gasteiger partial charge in [-0.3, -0.25) is 9.48 Å². The Labute approximate surface area is 177 Å². The number of pyridine rings is 1. The first-order valence-electron chi connectivity index (χ1n) is 9.90. The van der Waals surface area contributed by atoms with Gasteiger partial charge in [0.25, 0.3) is 6.43 Å². The summed E-state index contributed by atoms with van der Waals surface area (Å²) in [6, 6.07) is 8.89. The van der Waals surface area contributed by atoms with E-state index >= 15 is 0 Å². The van der Waals surface area contributed by atoms with Gasteiger partial charge in [-0.1, -0.05) is 25.1 Å². The second kappa shape index (κ2) is 8.25. The predicted octanol–water partition coefficient (Wildman–Crippen LogP) is 4.28. The number of aryl methyl sites for hydroxylation is 3. The number of halogens is 2. The summed E-state index contributed by atoms with van der Waals surface area (Å²) in [7, 11) is 1.74. The molecule has 0 aliphatic rings. The monoisotopic (exact) mass is 424 g/mol. The Balaban J connectivity index is 1.74. The van der Waals surface area contributed by atoms with Crippen molar-refractivity contribution < 1.29 is 13.6 Å². The van der Waals surface area contributed by atoms with Gasteiger partial charge in [-0.25, -0.2) is 18.4 Å². The van der Waals surface area contributed by atoms with E-state index in [4.69, 9.17) is 0 Å². The number of anilines is 1. The molecule has 4 rings (SSSR count). The highest BCUT2D eigenvalue weighted by Gasteiger charge is 2.22. The highest BCUT2D eigenvalue weighted by atomic mass is 19.3. The summed E-state index contributed by atoms with van der Waals surface area (Å²) in [5.41, 5.74) is 3.18. The van der Waals surface area contributed by atoms with Gasteiger partial charge in [-0.05, 0) is 31.0 Å². The zero-order valence-corrected chi connectivity index (χ0v) is 17.4. The summed E-state index contributed by atoms with van der Waals surface area (Å²) in [5, 5.41) is 11.6. The van der Waals surface area contributed by atoms with Gasteiger partial charge in [0, 0.05) is 30.1 Å². The number of nitrogens with zero attached hydrogens (tertiary/aromatic N) is 5. The summed E-state index contributed by atoms with van der Waals surface area (Å²) in [4.78, 5) is 17.3. The molecule has 160 valence electrons. The van der Waals surface area contributed by atoms with Crippen molar-refractivity contribution in [2.24, 2.45) is 7.05 Å². The van der Waals surface area contributed by atoms with E-state index in [0.717, 1.165) is 17.7 Å². The lowest BCUT2D eigenvalue weighted by molar-refractivity contribution is -0.116. The second-order valence-electron chi connectivity index (χ2n) is 7.30. The lowest BCUT2D eigenvalue weighted by Crippen LogP contribution is -2.20. The van der Waals surface area contributed by atoms with Crippen molar-refractivity contribution in [3.63, 3.8) is 0 Å². The van der Waals surface area contributed by atoms with Gasteiger partial charge in [0.15, 0.2) is 5.65 Å². The Morgan fingerprint density at radius 1 is 1.26 bits per heavy atom. The molecule has 3 heterocycles. The Bertz CT molecular complexity index is 1260. The number of alkyl halides is 2. The molecule has 0 spiro atoms. The molecule has 1 amide bonds. The number of benzene rings is 1. The summed E-state index contributed by atoms with van der Waals surface area (Å²) >= 11 is 0. The Kier molecular flexibility index (Phi) is 5.50. The van der Waals surface area contributed by atoms with Crippen LogP contribution in [0.2, 0.25) is 0 Å². The van der Waals surface area contributed by atoms with E-state index in [9.17, 15) is 13.6 Å². The average Bonchev–Trinajstić information content (AvgIpc) is 3.31. The van der Waals surface area contributed by atoms with Crippen molar-refractivity contribution in [3.8, 4) is 11.3 Å². The maximum absolute atomic E-state index is 13.9. The molecule has 9 heteroatoms. The number of para-hydroxylation sites is 1. The third kappa shape index (κ3) is 4.03. The minimum absolute atomic E-state index is 0.144.